The standard InChI is InChI=1S/C40H30N2O6/c43-31-17-21(41-27-13-5-1-9-23(27)24-10-2-6-14-28(24)41)18-32(44)35(31)37-39(47)38(40(37)48)36-33(45)19-22(20-34(36)46)42-29-15-7-3-11-25(29)26-12-4-8-16-30(26)42/h1-20,37-40,43-48H. The van der Waals surface area contributed by atoms with Crippen molar-refractivity contribution >= 4 is 43.6 Å². The van der Waals surface area contributed by atoms with E-state index in [1.165, 1.54) is 24.3 Å². The molecule has 2 aromatic heterocycles. The largest absolute Gasteiger partial charge is 0.507 e. The molecule has 0 bridgehead atoms. The van der Waals surface area contributed by atoms with Crippen molar-refractivity contribution in [1.82, 2.24) is 9.13 Å². The van der Waals surface area contributed by atoms with Crippen LogP contribution in [-0.2, 0) is 0 Å². The van der Waals surface area contributed by atoms with E-state index in [1.54, 1.807) is 0 Å². The predicted molar refractivity (Wildman–Crippen MR) is 186 cm³/mol. The minimum atomic E-state index is -1.33. The fourth-order valence-corrected chi connectivity index (χ4v) is 7.95. The Bertz CT molecular complexity index is 2240. The molecule has 0 unspecified atom stereocenters. The predicted octanol–water partition coefficient (Wildman–Crippen LogP) is 7.31. The van der Waals surface area contributed by atoms with E-state index in [0.717, 1.165) is 43.6 Å². The van der Waals surface area contributed by atoms with Crippen LogP contribution in [0.2, 0.25) is 0 Å². The van der Waals surface area contributed by atoms with Crippen molar-refractivity contribution in [3.05, 3.63) is 132 Å². The van der Waals surface area contributed by atoms with Crippen molar-refractivity contribution in [2.75, 3.05) is 0 Å². The smallest absolute Gasteiger partial charge is 0.125 e. The van der Waals surface area contributed by atoms with Gasteiger partial charge in [0.1, 0.15) is 23.0 Å². The molecule has 8 heteroatoms. The van der Waals surface area contributed by atoms with Crippen LogP contribution in [0, 0.1) is 0 Å². The van der Waals surface area contributed by atoms with Gasteiger partial charge in [0.15, 0.2) is 0 Å². The number of nitrogens with zero attached hydrogens (tertiary/aromatic N) is 2. The van der Waals surface area contributed by atoms with Gasteiger partial charge in [0.05, 0.1) is 45.6 Å². The van der Waals surface area contributed by atoms with Gasteiger partial charge in [0, 0.05) is 68.8 Å². The quantitative estimate of drug-likeness (QED) is 0.120. The number of aliphatic hydroxyl groups is 2. The summed E-state index contributed by atoms with van der Waals surface area (Å²) in [6.07, 6.45) is -2.65. The van der Waals surface area contributed by atoms with Gasteiger partial charge >= 0.3 is 0 Å². The molecule has 1 aliphatic rings. The highest BCUT2D eigenvalue weighted by Crippen LogP contribution is 2.56. The maximum atomic E-state index is 11.4. The number of aromatic hydroxyl groups is 4. The van der Waals surface area contributed by atoms with Crippen LogP contribution in [0.25, 0.3) is 55.0 Å². The fourth-order valence-electron chi connectivity index (χ4n) is 7.95. The topological polar surface area (TPSA) is 131 Å². The molecular weight excluding hydrogens is 604 g/mol. The Balaban J connectivity index is 1.08. The molecule has 8 nitrogen and oxygen atoms in total. The number of aliphatic hydroxyl groups excluding tert-OH is 2. The second-order valence-corrected chi connectivity index (χ2v) is 12.6. The summed E-state index contributed by atoms with van der Waals surface area (Å²) in [6, 6.07) is 37.5. The van der Waals surface area contributed by atoms with Crippen molar-refractivity contribution < 1.29 is 30.6 Å². The fraction of sp³-hybridized carbons (Fsp3) is 0.100. The van der Waals surface area contributed by atoms with Crippen LogP contribution in [0.1, 0.15) is 23.0 Å². The second-order valence-electron chi connectivity index (χ2n) is 12.6. The minimum Gasteiger partial charge on any atom is -0.507 e. The van der Waals surface area contributed by atoms with Gasteiger partial charge in [-0.2, -0.15) is 0 Å². The highest BCUT2D eigenvalue weighted by molar-refractivity contribution is 6.10. The molecule has 0 amide bonds. The number of para-hydroxylation sites is 4. The summed E-state index contributed by atoms with van der Waals surface area (Å²) < 4.78 is 3.89. The Morgan fingerprint density at radius 1 is 0.375 bits per heavy atom. The molecule has 1 saturated carbocycles. The maximum Gasteiger partial charge on any atom is 0.125 e. The zero-order valence-electron chi connectivity index (χ0n) is 25.4. The molecule has 8 aromatic rings. The van der Waals surface area contributed by atoms with Crippen LogP contribution < -0.4 is 0 Å². The number of benzene rings is 6. The Labute approximate surface area is 273 Å². The monoisotopic (exact) mass is 634 g/mol. The first-order valence-electron chi connectivity index (χ1n) is 15.8. The molecule has 2 heterocycles. The number of phenols is 4. The van der Waals surface area contributed by atoms with Crippen molar-refractivity contribution in [2.24, 2.45) is 0 Å². The Hall–Kier alpha value is -5.96. The molecule has 6 N–H and O–H groups in total. The van der Waals surface area contributed by atoms with E-state index in [0.29, 0.717) is 11.4 Å². The number of hydrogen-bond acceptors (Lipinski definition) is 6. The summed E-state index contributed by atoms with van der Waals surface area (Å²) in [5, 5.41) is 72.0. The van der Waals surface area contributed by atoms with Gasteiger partial charge in [0.2, 0.25) is 0 Å². The van der Waals surface area contributed by atoms with Gasteiger partial charge in [-0.25, -0.2) is 0 Å². The molecule has 236 valence electrons. The molecular formula is C40H30N2O6. The normalized spacial score (nSPS) is 19.4. The van der Waals surface area contributed by atoms with E-state index in [1.807, 2.05) is 106 Å². The number of phenolic OH excluding ortho intramolecular Hbond substituents is 4. The molecule has 0 aliphatic heterocycles. The second kappa shape index (κ2) is 10.3. The molecule has 0 atom stereocenters. The van der Waals surface area contributed by atoms with Crippen LogP contribution >= 0.6 is 0 Å². The first kappa shape index (κ1) is 28.3. The SMILES string of the molecule is Oc1cc(-n2c3ccccc3c3ccccc32)cc(O)c1C1C(O)C(c2c(O)cc(-n3c4ccccc4c4ccccc43)cc2O)C1O. The molecule has 0 spiro atoms. The summed E-state index contributed by atoms with van der Waals surface area (Å²) in [4.78, 5) is 0. The molecule has 0 saturated heterocycles. The number of rotatable bonds is 4. The lowest BCUT2D eigenvalue weighted by atomic mass is 9.62. The average molecular weight is 635 g/mol. The van der Waals surface area contributed by atoms with E-state index < -0.39 is 24.0 Å². The van der Waals surface area contributed by atoms with Gasteiger partial charge in [-0.15, -0.1) is 0 Å². The molecule has 0 radical (unpaired) electrons. The number of hydrogen-bond donors (Lipinski definition) is 6. The Morgan fingerprint density at radius 3 is 0.896 bits per heavy atom. The molecule has 1 aliphatic carbocycles. The summed E-state index contributed by atoms with van der Waals surface area (Å²) >= 11 is 0. The summed E-state index contributed by atoms with van der Waals surface area (Å²) in [5.41, 5.74) is 4.60. The zero-order chi connectivity index (χ0) is 32.8. The van der Waals surface area contributed by atoms with Crippen LogP contribution in [0.3, 0.4) is 0 Å². The van der Waals surface area contributed by atoms with E-state index in [9.17, 15) is 30.6 Å². The maximum absolute atomic E-state index is 11.4. The van der Waals surface area contributed by atoms with Crippen molar-refractivity contribution in [3.63, 3.8) is 0 Å². The summed E-state index contributed by atoms with van der Waals surface area (Å²) in [5.74, 6) is -3.30. The lowest BCUT2D eigenvalue weighted by molar-refractivity contribution is -0.0810. The van der Waals surface area contributed by atoms with Crippen molar-refractivity contribution in [2.45, 2.75) is 24.0 Å². The number of aromatic nitrogens is 2. The molecule has 1 fully saturated rings. The first-order chi connectivity index (χ1) is 23.3. The van der Waals surface area contributed by atoms with Crippen LogP contribution in [0.5, 0.6) is 23.0 Å². The highest BCUT2D eigenvalue weighted by atomic mass is 16.3. The highest BCUT2D eigenvalue weighted by Gasteiger charge is 2.54. The minimum absolute atomic E-state index is 0.00310. The van der Waals surface area contributed by atoms with Crippen LogP contribution in [0.4, 0.5) is 0 Å². The van der Waals surface area contributed by atoms with Crippen LogP contribution in [0.15, 0.2) is 121 Å². The first-order valence-corrected chi connectivity index (χ1v) is 15.8. The number of fused-ring (bicyclic) bond motifs is 6. The van der Waals surface area contributed by atoms with Gasteiger partial charge in [-0.1, -0.05) is 72.8 Å². The third-order valence-corrected chi connectivity index (χ3v) is 10.1. The third-order valence-electron chi connectivity index (χ3n) is 10.1. The van der Waals surface area contributed by atoms with Gasteiger partial charge in [-0.05, 0) is 24.3 Å². The van der Waals surface area contributed by atoms with E-state index >= 15 is 0 Å². The van der Waals surface area contributed by atoms with Gasteiger partial charge in [-0.3, -0.25) is 0 Å². The van der Waals surface area contributed by atoms with Crippen molar-refractivity contribution in [1.29, 1.82) is 0 Å². The van der Waals surface area contributed by atoms with E-state index in [2.05, 4.69) is 0 Å². The molecule has 6 aromatic carbocycles. The van der Waals surface area contributed by atoms with E-state index in [-0.39, 0.29) is 34.1 Å². The Kier molecular flexibility index (Phi) is 6.05. The lowest BCUT2D eigenvalue weighted by Crippen LogP contribution is -2.51. The van der Waals surface area contributed by atoms with Gasteiger partial charge < -0.3 is 39.8 Å². The molecule has 48 heavy (non-hydrogen) atoms. The summed E-state index contributed by atoms with van der Waals surface area (Å²) in [6.45, 7) is 0. The third kappa shape index (κ3) is 3.84. The lowest BCUT2D eigenvalue weighted by Gasteiger charge is -2.47. The summed E-state index contributed by atoms with van der Waals surface area (Å²) in [7, 11) is 0. The van der Waals surface area contributed by atoms with Gasteiger partial charge in [0.25, 0.3) is 0 Å². The average Bonchev–Trinajstić information content (AvgIpc) is 3.61. The molecule has 9 rings (SSSR count). The van der Waals surface area contributed by atoms with E-state index in [4.69, 9.17) is 0 Å². The zero-order valence-corrected chi connectivity index (χ0v) is 25.4. The Morgan fingerprint density at radius 2 is 0.625 bits per heavy atom. The van der Waals surface area contributed by atoms with Crippen molar-refractivity contribution in [3.8, 4) is 34.4 Å². The van der Waals surface area contributed by atoms with Crippen LogP contribution in [-0.4, -0.2) is 52.0 Å².